The summed E-state index contributed by atoms with van der Waals surface area (Å²) in [6.07, 6.45) is 2.49. The Morgan fingerprint density at radius 3 is 3.14 bits per heavy atom. The number of thiazole rings is 1. The van der Waals surface area contributed by atoms with Crippen LogP contribution in [0.25, 0.3) is 15.9 Å². The van der Waals surface area contributed by atoms with Crippen molar-refractivity contribution in [3.8, 4) is 0 Å². The predicted octanol–water partition coefficient (Wildman–Crippen LogP) is 2.22. The minimum absolute atomic E-state index is 0.0401. The van der Waals surface area contributed by atoms with Crippen molar-refractivity contribution in [2.45, 2.75) is 16.8 Å². The number of nitrogens with one attached hydrogen (secondary N) is 1. The molecule has 142 valence electrons. The molecule has 4 aromatic rings. The molecule has 5 rings (SSSR count). The Morgan fingerprint density at radius 1 is 1.29 bits per heavy atom. The molecule has 1 N–H and O–H groups in total. The largest absolute Gasteiger partial charge is 0.353 e. The lowest BCUT2D eigenvalue weighted by Gasteiger charge is -2.17. The Balaban J connectivity index is 1.15. The van der Waals surface area contributed by atoms with Crippen molar-refractivity contribution in [3.63, 3.8) is 0 Å². The monoisotopic (exact) mass is 411 g/mol. The van der Waals surface area contributed by atoms with E-state index in [1.165, 1.54) is 11.8 Å². The van der Waals surface area contributed by atoms with Crippen molar-refractivity contribution < 1.29 is 4.79 Å². The average molecular weight is 412 g/mol. The topological polar surface area (TPSA) is 88.3 Å². The molecular formula is C18H17N7OS2. The van der Waals surface area contributed by atoms with Gasteiger partial charge in [-0.05, 0) is 30.7 Å². The van der Waals surface area contributed by atoms with Gasteiger partial charge in [0.1, 0.15) is 12.1 Å². The maximum absolute atomic E-state index is 12.4. The first-order valence-corrected chi connectivity index (χ1v) is 10.7. The van der Waals surface area contributed by atoms with Gasteiger partial charge in [0, 0.05) is 19.1 Å². The number of benzene rings is 1. The Kier molecular flexibility index (Phi) is 4.57. The molecule has 8 nitrogen and oxygen atoms in total. The molecule has 3 aromatic heterocycles. The molecule has 1 saturated heterocycles. The SMILES string of the molecule is O=C(CSc1nc2ccccc2s1)N[C@@H]1CCN(c2ccc3nncn3n2)C1. The van der Waals surface area contributed by atoms with Gasteiger partial charge in [-0.15, -0.1) is 26.6 Å². The van der Waals surface area contributed by atoms with E-state index in [2.05, 4.69) is 36.6 Å². The van der Waals surface area contributed by atoms with E-state index in [4.69, 9.17) is 0 Å². The van der Waals surface area contributed by atoms with Gasteiger partial charge in [-0.3, -0.25) is 4.79 Å². The zero-order chi connectivity index (χ0) is 18.9. The Labute approximate surface area is 169 Å². The molecule has 28 heavy (non-hydrogen) atoms. The van der Waals surface area contributed by atoms with Crippen molar-refractivity contribution in [1.29, 1.82) is 0 Å². The van der Waals surface area contributed by atoms with E-state index >= 15 is 0 Å². The van der Waals surface area contributed by atoms with Gasteiger partial charge in [0.05, 0.1) is 16.0 Å². The normalized spacial score (nSPS) is 16.9. The highest BCUT2D eigenvalue weighted by Crippen LogP contribution is 2.29. The van der Waals surface area contributed by atoms with E-state index in [1.807, 2.05) is 30.3 Å². The van der Waals surface area contributed by atoms with Crippen LogP contribution in [0.5, 0.6) is 0 Å². The molecule has 0 saturated carbocycles. The van der Waals surface area contributed by atoms with Crippen molar-refractivity contribution in [3.05, 3.63) is 42.7 Å². The number of rotatable bonds is 5. The maximum Gasteiger partial charge on any atom is 0.230 e. The van der Waals surface area contributed by atoms with Crippen LogP contribution < -0.4 is 10.2 Å². The van der Waals surface area contributed by atoms with Gasteiger partial charge in [-0.2, -0.15) is 4.52 Å². The van der Waals surface area contributed by atoms with Crippen LogP contribution in [0, 0.1) is 0 Å². The fourth-order valence-corrected chi connectivity index (χ4v) is 5.16. The summed E-state index contributed by atoms with van der Waals surface area (Å²) >= 11 is 3.11. The molecule has 0 aliphatic carbocycles. The lowest BCUT2D eigenvalue weighted by atomic mass is 10.2. The van der Waals surface area contributed by atoms with E-state index in [1.54, 1.807) is 22.2 Å². The third kappa shape index (κ3) is 3.52. The Morgan fingerprint density at radius 2 is 2.21 bits per heavy atom. The summed E-state index contributed by atoms with van der Waals surface area (Å²) in [6.45, 7) is 1.61. The zero-order valence-corrected chi connectivity index (χ0v) is 16.5. The molecule has 4 heterocycles. The summed E-state index contributed by atoms with van der Waals surface area (Å²) in [6, 6.07) is 12.0. The van der Waals surface area contributed by atoms with Crippen LogP contribution >= 0.6 is 23.1 Å². The highest BCUT2D eigenvalue weighted by molar-refractivity contribution is 8.01. The third-order valence-corrected chi connectivity index (χ3v) is 6.81. The summed E-state index contributed by atoms with van der Waals surface area (Å²) < 4.78 is 3.74. The number of amides is 1. The third-order valence-electron chi connectivity index (χ3n) is 4.63. The quantitative estimate of drug-likeness (QED) is 0.504. The number of fused-ring (bicyclic) bond motifs is 2. The molecular weight excluding hydrogens is 394 g/mol. The minimum atomic E-state index is 0.0401. The fourth-order valence-electron chi connectivity index (χ4n) is 3.28. The zero-order valence-electron chi connectivity index (χ0n) is 14.9. The van der Waals surface area contributed by atoms with Crippen LogP contribution in [-0.2, 0) is 4.79 Å². The summed E-state index contributed by atoms with van der Waals surface area (Å²) in [5, 5.41) is 15.5. The molecule has 0 spiro atoms. The van der Waals surface area contributed by atoms with E-state index in [0.717, 1.165) is 45.5 Å². The molecule has 1 fully saturated rings. The standard InChI is InChI=1S/C18H17N7OS2/c26-17(10-27-18-21-13-3-1-2-4-14(13)28-18)20-12-7-8-24(9-12)16-6-5-15-22-19-11-25(15)23-16/h1-6,11-12H,7-10H2,(H,20,26)/t12-/m1/s1. The first kappa shape index (κ1) is 17.4. The average Bonchev–Trinajstić information content (AvgIpc) is 3.44. The van der Waals surface area contributed by atoms with Gasteiger partial charge in [0.15, 0.2) is 9.99 Å². The molecule has 1 aromatic carbocycles. The molecule has 1 amide bonds. The van der Waals surface area contributed by atoms with Crippen LogP contribution in [0.2, 0.25) is 0 Å². The highest BCUT2D eigenvalue weighted by Gasteiger charge is 2.25. The molecule has 0 unspecified atom stereocenters. The number of carbonyl (C=O) groups excluding carboxylic acids is 1. The second-order valence-corrected chi connectivity index (χ2v) is 8.81. The number of hydrogen-bond donors (Lipinski definition) is 1. The number of hydrogen-bond acceptors (Lipinski definition) is 8. The van der Waals surface area contributed by atoms with E-state index in [-0.39, 0.29) is 11.9 Å². The summed E-state index contributed by atoms with van der Waals surface area (Å²) in [5.74, 6) is 1.28. The van der Waals surface area contributed by atoms with Gasteiger partial charge in [0.25, 0.3) is 0 Å². The van der Waals surface area contributed by atoms with Crippen LogP contribution in [0.4, 0.5) is 5.82 Å². The predicted molar refractivity (Wildman–Crippen MR) is 110 cm³/mol. The van der Waals surface area contributed by atoms with Crippen molar-refractivity contribution in [2.75, 3.05) is 23.7 Å². The number of nitrogens with zero attached hydrogens (tertiary/aromatic N) is 6. The second-order valence-electron chi connectivity index (χ2n) is 6.56. The number of para-hydroxylation sites is 1. The van der Waals surface area contributed by atoms with Crippen LogP contribution in [0.3, 0.4) is 0 Å². The second kappa shape index (κ2) is 7.36. The van der Waals surface area contributed by atoms with E-state index < -0.39 is 0 Å². The van der Waals surface area contributed by atoms with E-state index in [9.17, 15) is 4.79 Å². The molecule has 0 bridgehead atoms. The maximum atomic E-state index is 12.4. The van der Waals surface area contributed by atoms with Gasteiger partial charge < -0.3 is 10.2 Å². The van der Waals surface area contributed by atoms with Crippen molar-refractivity contribution in [1.82, 2.24) is 30.1 Å². The molecule has 1 aliphatic rings. The van der Waals surface area contributed by atoms with Gasteiger partial charge >= 0.3 is 0 Å². The smallest absolute Gasteiger partial charge is 0.230 e. The number of carbonyl (C=O) groups is 1. The first-order chi connectivity index (χ1) is 13.7. The lowest BCUT2D eigenvalue weighted by Crippen LogP contribution is -2.38. The first-order valence-electron chi connectivity index (χ1n) is 8.94. The van der Waals surface area contributed by atoms with Crippen LogP contribution in [0.15, 0.2) is 47.1 Å². The van der Waals surface area contributed by atoms with Crippen molar-refractivity contribution in [2.24, 2.45) is 0 Å². The molecule has 10 heteroatoms. The number of anilines is 1. The summed E-state index contributed by atoms with van der Waals surface area (Å²) in [5.41, 5.74) is 1.71. The Hall–Kier alpha value is -2.72. The van der Waals surface area contributed by atoms with E-state index in [0.29, 0.717) is 5.75 Å². The number of aromatic nitrogens is 5. The summed E-state index contributed by atoms with van der Waals surface area (Å²) in [7, 11) is 0. The van der Waals surface area contributed by atoms with Crippen LogP contribution in [-0.4, -0.2) is 55.6 Å². The molecule has 0 radical (unpaired) electrons. The fraction of sp³-hybridized carbons (Fsp3) is 0.278. The Bertz CT molecular complexity index is 1110. The van der Waals surface area contributed by atoms with Crippen LogP contribution in [0.1, 0.15) is 6.42 Å². The molecule has 1 aliphatic heterocycles. The van der Waals surface area contributed by atoms with Crippen molar-refractivity contribution >= 4 is 50.7 Å². The minimum Gasteiger partial charge on any atom is -0.353 e. The van der Waals surface area contributed by atoms with Gasteiger partial charge in [-0.1, -0.05) is 23.9 Å². The lowest BCUT2D eigenvalue weighted by molar-refractivity contribution is -0.119. The van der Waals surface area contributed by atoms with Gasteiger partial charge in [-0.25, -0.2) is 4.98 Å². The molecule has 1 atom stereocenters. The highest BCUT2D eigenvalue weighted by atomic mass is 32.2. The summed E-state index contributed by atoms with van der Waals surface area (Å²) in [4.78, 5) is 19.1. The number of thioether (sulfide) groups is 1. The van der Waals surface area contributed by atoms with Gasteiger partial charge in [0.2, 0.25) is 5.91 Å².